The first-order valence-corrected chi connectivity index (χ1v) is 3.81. The third kappa shape index (κ3) is 18.1. The van der Waals surface area contributed by atoms with Crippen LogP contribution < -0.4 is 0 Å². The van der Waals surface area contributed by atoms with Crippen LogP contribution >= 0.6 is 0 Å². The molecule has 0 spiro atoms. The number of hydrogen-bond acceptors (Lipinski definition) is 2. The second-order valence-electron chi connectivity index (χ2n) is 0.0833. The summed E-state index contributed by atoms with van der Waals surface area (Å²) >= 11 is -2.51. The molecule has 0 saturated heterocycles. The van der Waals surface area contributed by atoms with Gasteiger partial charge in [0.05, 0.1) is 0 Å². The predicted molar refractivity (Wildman–Crippen MR) is 4.99 cm³/mol. The van der Waals surface area contributed by atoms with Gasteiger partial charge in [0.2, 0.25) is 0 Å². The van der Waals surface area contributed by atoms with E-state index in [1.165, 1.54) is 0 Å². The molecule has 0 atom stereocenters. The number of rotatable bonds is 0. The van der Waals surface area contributed by atoms with Gasteiger partial charge in [0, 0.05) is 0 Å². The van der Waals surface area contributed by atoms with Gasteiger partial charge in [-0.1, -0.05) is 0 Å². The van der Waals surface area contributed by atoms with E-state index in [9.17, 15) is 0 Å². The van der Waals surface area contributed by atoms with E-state index in [0.717, 1.165) is 0 Å². The fourth-order valence-electron chi connectivity index (χ4n) is 0. The van der Waals surface area contributed by atoms with Crippen LogP contribution in [0.4, 0.5) is 0 Å². The Morgan fingerprint density at radius 1 is 1.25 bits per heavy atom. The zero-order valence-corrected chi connectivity index (χ0v) is 5.98. The van der Waals surface area contributed by atoms with Crippen LogP contribution in [0.1, 0.15) is 0 Å². The SMILES string of the molecule is O.[O]=[U]=[O]. The van der Waals surface area contributed by atoms with Crippen LogP contribution in [0, 0.1) is 27.8 Å². The minimum atomic E-state index is -2.51. The Balaban J connectivity index is 0. The first-order valence-electron chi connectivity index (χ1n) is 0.408. The molecule has 0 aliphatic carbocycles. The Kier molecular flexibility index (Phi) is 20.9. The van der Waals surface area contributed by atoms with Crippen molar-refractivity contribution in [2.45, 2.75) is 0 Å². The van der Waals surface area contributed by atoms with E-state index in [-0.39, 0.29) is 5.48 Å². The summed E-state index contributed by atoms with van der Waals surface area (Å²) in [5, 5.41) is 0. The summed E-state index contributed by atoms with van der Waals surface area (Å²) in [6.07, 6.45) is 0. The molecule has 0 aliphatic heterocycles. The van der Waals surface area contributed by atoms with Crippen LogP contribution in [-0.2, 0) is 4.47 Å². The van der Waals surface area contributed by atoms with Crippen LogP contribution in [0.2, 0.25) is 0 Å². The zero-order valence-electron chi connectivity index (χ0n) is 1.82. The second kappa shape index (κ2) is 9.48. The van der Waals surface area contributed by atoms with Gasteiger partial charge in [-0.05, 0) is 0 Å². The molecular formula is H2O3U. The summed E-state index contributed by atoms with van der Waals surface area (Å²) in [4.78, 5) is 0. The van der Waals surface area contributed by atoms with Crippen molar-refractivity contribution in [2.75, 3.05) is 0 Å². The quantitative estimate of drug-likeness (QED) is 0.570. The molecule has 0 bridgehead atoms. The van der Waals surface area contributed by atoms with E-state index in [0.29, 0.717) is 0 Å². The maximum atomic E-state index is 8.58. The van der Waals surface area contributed by atoms with Gasteiger partial charge in [0.1, 0.15) is 0 Å². The van der Waals surface area contributed by atoms with Crippen molar-refractivity contribution in [3.63, 3.8) is 0 Å². The molecule has 4 heteroatoms. The van der Waals surface area contributed by atoms with Crippen molar-refractivity contribution >= 4 is 0 Å². The average molecular weight is 288 g/mol. The normalized spacial score (nSPS) is 2.00. The predicted octanol–water partition coefficient (Wildman–Crippen LogP) is -1.06. The summed E-state index contributed by atoms with van der Waals surface area (Å²) < 4.78 is 17.2. The Hall–Kier alpha value is 0.612. The van der Waals surface area contributed by atoms with Crippen LogP contribution in [0.15, 0.2) is 0 Å². The van der Waals surface area contributed by atoms with Crippen molar-refractivity contribution in [3.8, 4) is 0 Å². The molecule has 0 radical (unpaired) electrons. The van der Waals surface area contributed by atoms with E-state index in [1.54, 1.807) is 0 Å². The molecular weight excluding hydrogens is 286 g/mol. The van der Waals surface area contributed by atoms with Crippen molar-refractivity contribution in [1.29, 1.82) is 0 Å². The van der Waals surface area contributed by atoms with E-state index in [1.807, 2.05) is 0 Å². The maximum absolute atomic E-state index is 8.58. The van der Waals surface area contributed by atoms with Crippen molar-refractivity contribution in [1.82, 2.24) is 0 Å². The van der Waals surface area contributed by atoms with E-state index in [4.69, 9.17) is 4.47 Å². The van der Waals surface area contributed by atoms with Gasteiger partial charge in [-0.15, -0.1) is 0 Å². The van der Waals surface area contributed by atoms with E-state index in [2.05, 4.69) is 0 Å². The molecule has 3 nitrogen and oxygen atoms in total. The molecule has 0 saturated carbocycles. The molecule has 0 rings (SSSR count). The average Bonchev–Trinajstić information content (AvgIpc) is 0.918. The number of hydrogen-bond donors (Lipinski definition) is 0. The van der Waals surface area contributed by atoms with Gasteiger partial charge in [0.15, 0.2) is 0 Å². The molecule has 0 fully saturated rings. The van der Waals surface area contributed by atoms with Crippen LogP contribution in [0.25, 0.3) is 0 Å². The van der Waals surface area contributed by atoms with Crippen molar-refractivity contribution in [3.05, 3.63) is 0 Å². The van der Waals surface area contributed by atoms with Crippen LogP contribution in [-0.4, -0.2) is 5.48 Å². The summed E-state index contributed by atoms with van der Waals surface area (Å²) in [5.74, 6) is 0. The molecule has 0 heterocycles. The van der Waals surface area contributed by atoms with Gasteiger partial charge in [-0.25, -0.2) is 0 Å². The molecule has 0 aliphatic rings. The first-order chi connectivity index (χ1) is 1.41. The van der Waals surface area contributed by atoms with E-state index >= 15 is 0 Å². The van der Waals surface area contributed by atoms with Gasteiger partial charge < -0.3 is 5.48 Å². The zero-order chi connectivity index (χ0) is 2.71. The van der Waals surface area contributed by atoms with Crippen molar-refractivity contribution < 1.29 is 37.8 Å². The summed E-state index contributed by atoms with van der Waals surface area (Å²) in [7, 11) is 0. The van der Waals surface area contributed by atoms with Gasteiger partial charge in [0.25, 0.3) is 0 Å². The molecule has 4 heavy (non-hydrogen) atoms. The second-order valence-corrected chi connectivity index (χ2v) is 0.777. The third-order valence-corrected chi connectivity index (χ3v) is 0. The monoisotopic (exact) mass is 288 g/mol. The minimum absolute atomic E-state index is 0. The first kappa shape index (κ1) is 8.82. The summed E-state index contributed by atoms with van der Waals surface area (Å²) in [6.45, 7) is 0. The van der Waals surface area contributed by atoms with E-state index < -0.39 is 27.8 Å². The molecule has 24 valence electrons. The summed E-state index contributed by atoms with van der Waals surface area (Å²) in [5.41, 5.74) is 0. The van der Waals surface area contributed by atoms with Gasteiger partial charge in [-0.2, -0.15) is 0 Å². The molecule has 2 N–H and O–H groups in total. The molecule has 0 amide bonds. The third-order valence-electron chi connectivity index (χ3n) is 0. The van der Waals surface area contributed by atoms with Crippen LogP contribution in [0.5, 0.6) is 0 Å². The van der Waals surface area contributed by atoms with Gasteiger partial charge in [-0.3, -0.25) is 0 Å². The fraction of sp³-hybridized carbons (Fsp3) is 0. The Bertz CT molecular complexity index is 24.3. The fourth-order valence-corrected chi connectivity index (χ4v) is 0. The van der Waals surface area contributed by atoms with Crippen molar-refractivity contribution in [2.24, 2.45) is 0 Å². The van der Waals surface area contributed by atoms with Crippen LogP contribution in [0.3, 0.4) is 0 Å². The topological polar surface area (TPSA) is 65.6 Å². The Morgan fingerprint density at radius 2 is 1.25 bits per heavy atom. The standard InChI is InChI=1S/H2O.2O.U/h1H2;;;. The Morgan fingerprint density at radius 3 is 1.25 bits per heavy atom. The Labute approximate surface area is 37.9 Å². The molecule has 0 aromatic rings. The molecule has 0 aromatic carbocycles. The molecule has 0 unspecified atom stereocenters. The van der Waals surface area contributed by atoms with Gasteiger partial charge >= 0.3 is 32.3 Å². The molecule has 0 aromatic heterocycles. The summed E-state index contributed by atoms with van der Waals surface area (Å²) in [6, 6.07) is 0.